The van der Waals surface area contributed by atoms with Crippen molar-refractivity contribution in [1.82, 2.24) is 20.3 Å². The summed E-state index contributed by atoms with van der Waals surface area (Å²) in [7, 11) is 0. The first-order valence-electron chi connectivity index (χ1n) is 9.79. The second-order valence-corrected chi connectivity index (χ2v) is 8.19. The number of fused-ring (bicyclic) bond motifs is 5. The third kappa shape index (κ3) is 2.20. The molecule has 0 radical (unpaired) electrons. The van der Waals surface area contributed by atoms with Crippen LogP contribution < -0.4 is 5.32 Å². The van der Waals surface area contributed by atoms with Crippen LogP contribution in [0.25, 0.3) is 22.5 Å². The zero-order valence-electron chi connectivity index (χ0n) is 15.3. The summed E-state index contributed by atoms with van der Waals surface area (Å²) in [6, 6.07) is 5.06. The van der Waals surface area contributed by atoms with Crippen LogP contribution in [-0.4, -0.2) is 26.4 Å². The van der Waals surface area contributed by atoms with Crippen LogP contribution in [0.5, 0.6) is 0 Å². The SMILES string of the molecule is O=C1NC2(CCC2)Cc2[nH]c3c(c21)CCc1cnc(-c2ccc(F)nc2)cc1-3. The van der Waals surface area contributed by atoms with Gasteiger partial charge in [-0.25, -0.2) is 4.98 Å². The van der Waals surface area contributed by atoms with Gasteiger partial charge in [-0.1, -0.05) is 0 Å². The minimum atomic E-state index is -0.503. The fourth-order valence-corrected chi connectivity index (χ4v) is 4.93. The molecular weight excluding hydrogens is 355 g/mol. The molecule has 0 saturated heterocycles. The number of aromatic amines is 1. The second-order valence-electron chi connectivity index (χ2n) is 8.19. The molecule has 6 heteroatoms. The summed E-state index contributed by atoms with van der Waals surface area (Å²) in [6.45, 7) is 0. The van der Waals surface area contributed by atoms with Crippen molar-refractivity contribution < 1.29 is 9.18 Å². The Hall–Kier alpha value is -3.02. The number of carbonyl (C=O) groups is 1. The van der Waals surface area contributed by atoms with E-state index in [9.17, 15) is 9.18 Å². The molecule has 2 N–H and O–H groups in total. The van der Waals surface area contributed by atoms with E-state index in [1.807, 2.05) is 12.3 Å². The van der Waals surface area contributed by atoms with Crippen molar-refractivity contribution in [3.63, 3.8) is 0 Å². The van der Waals surface area contributed by atoms with Crippen LogP contribution in [-0.2, 0) is 19.3 Å². The maximum atomic E-state index is 13.2. The Morgan fingerprint density at radius 1 is 1.11 bits per heavy atom. The van der Waals surface area contributed by atoms with Crippen molar-refractivity contribution in [2.45, 2.75) is 44.1 Å². The number of aryl methyl sites for hydroxylation is 1. The third-order valence-electron chi connectivity index (χ3n) is 6.54. The highest BCUT2D eigenvalue weighted by molar-refractivity contribution is 6.01. The van der Waals surface area contributed by atoms with Crippen molar-refractivity contribution in [3.05, 3.63) is 58.9 Å². The van der Waals surface area contributed by atoms with E-state index in [1.165, 1.54) is 24.2 Å². The Kier molecular flexibility index (Phi) is 3.14. The van der Waals surface area contributed by atoms with E-state index in [0.717, 1.165) is 71.4 Å². The number of carbonyl (C=O) groups excluding carboxylic acids is 1. The molecule has 4 heterocycles. The molecule has 3 aromatic rings. The Morgan fingerprint density at radius 2 is 2.00 bits per heavy atom. The van der Waals surface area contributed by atoms with Gasteiger partial charge in [0, 0.05) is 41.2 Å². The minimum absolute atomic E-state index is 0.0381. The molecule has 0 aromatic carbocycles. The summed E-state index contributed by atoms with van der Waals surface area (Å²) in [5.74, 6) is -0.434. The predicted octanol–water partition coefficient (Wildman–Crippen LogP) is 3.59. The lowest BCUT2D eigenvalue weighted by Gasteiger charge is -2.45. The highest BCUT2D eigenvalue weighted by Gasteiger charge is 2.45. The maximum absolute atomic E-state index is 13.2. The number of amides is 1. The fourth-order valence-electron chi connectivity index (χ4n) is 4.93. The van der Waals surface area contributed by atoms with Gasteiger partial charge in [-0.3, -0.25) is 9.78 Å². The van der Waals surface area contributed by atoms with Gasteiger partial charge in [-0.15, -0.1) is 0 Å². The highest BCUT2D eigenvalue weighted by atomic mass is 19.1. The van der Waals surface area contributed by atoms with Crippen molar-refractivity contribution >= 4 is 5.91 Å². The molecule has 2 aliphatic carbocycles. The number of hydrogen-bond donors (Lipinski definition) is 2. The normalized spacial score (nSPS) is 18.7. The molecule has 1 spiro atoms. The summed E-state index contributed by atoms with van der Waals surface area (Å²) in [5, 5.41) is 3.27. The number of pyridine rings is 2. The second kappa shape index (κ2) is 5.50. The molecule has 1 fully saturated rings. The zero-order chi connectivity index (χ0) is 18.9. The fraction of sp³-hybridized carbons (Fsp3) is 0.318. The summed E-state index contributed by atoms with van der Waals surface area (Å²) < 4.78 is 13.2. The van der Waals surface area contributed by atoms with E-state index in [0.29, 0.717) is 0 Å². The van der Waals surface area contributed by atoms with Gasteiger partial charge in [-0.2, -0.15) is 4.39 Å². The van der Waals surface area contributed by atoms with Crippen molar-refractivity contribution in [1.29, 1.82) is 0 Å². The van der Waals surface area contributed by atoms with Gasteiger partial charge in [0.25, 0.3) is 5.91 Å². The van der Waals surface area contributed by atoms with Gasteiger partial charge in [0.15, 0.2) is 0 Å². The van der Waals surface area contributed by atoms with E-state index in [4.69, 9.17) is 0 Å². The topological polar surface area (TPSA) is 70.7 Å². The molecule has 3 aromatic heterocycles. The number of aromatic nitrogens is 3. The lowest BCUT2D eigenvalue weighted by atomic mass is 9.71. The van der Waals surface area contributed by atoms with Crippen LogP contribution in [0, 0.1) is 5.95 Å². The molecule has 0 atom stereocenters. The molecule has 3 aliphatic rings. The predicted molar refractivity (Wildman–Crippen MR) is 102 cm³/mol. The average molecular weight is 374 g/mol. The first-order valence-corrected chi connectivity index (χ1v) is 9.79. The summed E-state index contributed by atoms with van der Waals surface area (Å²) >= 11 is 0. The summed E-state index contributed by atoms with van der Waals surface area (Å²) in [5.41, 5.74) is 7.82. The smallest absolute Gasteiger partial charge is 0.253 e. The van der Waals surface area contributed by atoms with E-state index in [1.54, 1.807) is 6.07 Å². The molecule has 140 valence electrons. The van der Waals surface area contributed by atoms with Gasteiger partial charge in [0.05, 0.1) is 17.0 Å². The molecule has 0 bridgehead atoms. The van der Waals surface area contributed by atoms with Gasteiger partial charge < -0.3 is 10.3 Å². The molecular formula is C22H19FN4O. The number of H-pyrrole nitrogens is 1. The van der Waals surface area contributed by atoms with Gasteiger partial charge >= 0.3 is 0 Å². The molecule has 1 amide bonds. The van der Waals surface area contributed by atoms with Gasteiger partial charge in [0.1, 0.15) is 0 Å². The number of hydrogen-bond acceptors (Lipinski definition) is 3. The van der Waals surface area contributed by atoms with E-state index in [-0.39, 0.29) is 11.4 Å². The number of nitrogens with zero attached hydrogens (tertiary/aromatic N) is 2. The number of halogens is 1. The monoisotopic (exact) mass is 374 g/mol. The van der Waals surface area contributed by atoms with Crippen LogP contribution >= 0.6 is 0 Å². The average Bonchev–Trinajstić information content (AvgIpc) is 3.06. The quantitative estimate of drug-likeness (QED) is 0.640. The highest BCUT2D eigenvalue weighted by Crippen LogP contribution is 2.43. The molecule has 0 unspecified atom stereocenters. The molecule has 28 heavy (non-hydrogen) atoms. The molecule has 1 saturated carbocycles. The Labute approximate surface area is 161 Å². The zero-order valence-corrected chi connectivity index (χ0v) is 15.3. The first kappa shape index (κ1) is 16.0. The number of rotatable bonds is 1. The minimum Gasteiger partial charge on any atom is -0.357 e. The maximum Gasteiger partial charge on any atom is 0.253 e. The lowest BCUT2D eigenvalue weighted by Crippen LogP contribution is -2.57. The number of nitrogens with one attached hydrogen (secondary N) is 2. The molecule has 1 aliphatic heterocycles. The van der Waals surface area contributed by atoms with Crippen molar-refractivity contribution in [2.75, 3.05) is 0 Å². The van der Waals surface area contributed by atoms with Gasteiger partial charge in [0.2, 0.25) is 5.95 Å². The van der Waals surface area contributed by atoms with E-state index >= 15 is 0 Å². The summed E-state index contributed by atoms with van der Waals surface area (Å²) in [4.78, 5) is 24.8. The van der Waals surface area contributed by atoms with Crippen LogP contribution in [0.3, 0.4) is 0 Å². The van der Waals surface area contributed by atoms with E-state index in [2.05, 4.69) is 20.3 Å². The lowest BCUT2D eigenvalue weighted by molar-refractivity contribution is 0.0793. The third-order valence-corrected chi connectivity index (χ3v) is 6.54. The first-order chi connectivity index (χ1) is 13.6. The van der Waals surface area contributed by atoms with Crippen molar-refractivity contribution in [3.8, 4) is 22.5 Å². The standard InChI is InChI=1S/C22H19FN4O/c23-18-5-3-13(11-25-18)16-8-15-12(10-24-16)2-4-14-19-17(26-20(14)15)9-22(6-1-7-22)27-21(19)28/h3,5,8,10-11,26H,1-2,4,6-7,9H2,(H,27,28). The van der Waals surface area contributed by atoms with Crippen LogP contribution in [0.15, 0.2) is 30.6 Å². The Bertz CT molecular complexity index is 1130. The van der Waals surface area contributed by atoms with Crippen LogP contribution in [0.2, 0.25) is 0 Å². The summed E-state index contributed by atoms with van der Waals surface area (Å²) in [6.07, 6.45) is 9.28. The van der Waals surface area contributed by atoms with Gasteiger partial charge in [-0.05, 0) is 61.4 Å². The largest absolute Gasteiger partial charge is 0.357 e. The molecule has 6 rings (SSSR count). The van der Waals surface area contributed by atoms with E-state index < -0.39 is 5.95 Å². The van der Waals surface area contributed by atoms with Crippen molar-refractivity contribution in [2.24, 2.45) is 0 Å². The Balaban J connectivity index is 1.47. The van der Waals surface area contributed by atoms with Crippen LogP contribution in [0.1, 0.15) is 46.4 Å². The van der Waals surface area contributed by atoms with Crippen LogP contribution in [0.4, 0.5) is 4.39 Å². The Morgan fingerprint density at radius 3 is 2.75 bits per heavy atom. The molecule has 5 nitrogen and oxygen atoms in total.